The average Bonchev–Trinajstić information content (AvgIpc) is 2.97. The van der Waals surface area contributed by atoms with E-state index in [9.17, 15) is 0 Å². The molecule has 1 aromatic heterocycles. The van der Waals surface area contributed by atoms with Crippen molar-refractivity contribution in [3.8, 4) is 0 Å². The molecule has 0 aromatic carbocycles. The number of hydrogen-bond donors (Lipinski definition) is 2. The number of guanidine groups is 1. The van der Waals surface area contributed by atoms with Gasteiger partial charge in [-0.25, -0.2) is 4.99 Å². The molecule has 1 atom stereocenters. The average molecular weight is 276 g/mol. The van der Waals surface area contributed by atoms with Gasteiger partial charge in [0, 0.05) is 25.9 Å². The molecule has 0 radical (unpaired) electrons. The third-order valence-corrected chi connectivity index (χ3v) is 3.37. The van der Waals surface area contributed by atoms with Crippen LogP contribution >= 0.6 is 0 Å². The van der Waals surface area contributed by atoms with Gasteiger partial charge in [-0.2, -0.15) is 0 Å². The molecule has 0 aliphatic carbocycles. The molecule has 1 unspecified atom stereocenters. The summed E-state index contributed by atoms with van der Waals surface area (Å²) < 4.78 is 5.61. The Kier molecular flexibility index (Phi) is 5.80. The topological polar surface area (TPSA) is 58.5 Å². The highest BCUT2D eigenvalue weighted by molar-refractivity contribution is 5.79. The second kappa shape index (κ2) is 7.85. The van der Waals surface area contributed by atoms with Crippen LogP contribution < -0.4 is 10.6 Å². The van der Waals surface area contributed by atoms with E-state index in [1.54, 1.807) is 0 Å². The highest BCUT2D eigenvalue weighted by Crippen LogP contribution is 2.10. The van der Waals surface area contributed by atoms with E-state index in [2.05, 4.69) is 40.5 Å². The summed E-state index contributed by atoms with van der Waals surface area (Å²) in [5, 5.41) is 6.59. The predicted octanol–water partition coefficient (Wildman–Crippen LogP) is 1.62. The zero-order valence-electron chi connectivity index (χ0n) is 12.4. The molecule has 2 N–H and O–H groups in total. The number of nitrogens with zero attached hydrogens (tertiary/aromatic N) is 2. The van der Waals surface area contributed by atoms with E-state index in [-0.39, 0.29) is 0 Å². The van der Waals surface area contributed by atoms with Crippen LogP contribution in [-0.4, -0.2) is 36.7 Å². The van der Waals surface area contributed by atoms with E-state index >= 15 is 0 Å². The molecule has 1 aliphatic heterocycles. The Labute approximate surface area is 120 Å². The Morgan fingerprint density at radius 1 is 1.50 bits per heavy atom. The Morgan fingerprint density at radius 2 is 2.40 bits per heavy atom. The van der Waals surface area contributed by atoms with Gasteiger partial charge in [0.05, 0.1) is 18.3 Å². The minimum absolute atomic E-state index is 0.315. The van der Waals surface area contributed by atoms with Crippen LogP contribution in [-0.2, 0) is 11.3 Å². The van der Waals surface area contributed by atoms with Gasteiger partial charge in [-0.15, -0.1) is 0 Å². The molecule has 1 fully saturated rings. The fraction of sp³-hybridized carbons (Fsp3) is 0.600. The minimum atomic E-state index is 0.315. The number of nitrogens with one attached hydrogen (secondary N) is 2. The summed E-state index contributed by atoms with van der Waals surface area (Å²) in [6, 6.07) is 4.01. The van der Waals surface area contributed by atoms with Crippen LogP contribution in [0.5, 0.6) is 0 Å². The number of ether oxygens (including phenoxy) is 1. The molecule has 1 aromatic rings. The van der Waals surface area contributed by atoms with Crippen molar-refractivity contribution in [2.45, 2.75) is 39.3 Å². The second-order valence-corrected chi connectivity index (χ2v) is 4.98. The fourth-order valence-corrected chi connectivity index (χ4v) is 2.20. The quantitative estimate of drug-likeness (QED) is 0.634. The zero-order valence-corrected chi connectivity index (χ0v) is 12.4. The third-order valence-electron chi connectivity index (χ3n) is 3.37. The Bertz CT molecular complexity index is 441. The lowest BCUT2D eigenvalue weighted by atomic mass is 10.2. The molecule has 5 heteroatoms. The van der Waals surface area contributed by atoms with Crippen LogP contribution in [0, 0.1) is 6.92 Å². The number of pyridine rings is 1. The van der Waals surface area contributed by atoms with Crippen molar-refractivity contribution in [1.82, 2.24) is 15.6 Å². The predicted molar refractivity (Wildman–Crippen MR) is 80.8 cm³/mol. The first-order chi connectivity index (χ1) is 9.79. The van der Waals surface area contributed by atoms with E-state index in [4.69, 9.17) is 4.74 Å². The Hall–Kier alpha value is -1.62. The van der Waals surface area contributed by atoms with E-state index in [0.717, 1.165) is 44.2 Å². The maximum Gasteiger partial charge on any atom is 0.191 e. The normalized spacial score (nSPS) is 19.1. The molecule has 0 spiro atoms. The van der Waals surface area contributed by atoms with Gasteiger partial charge in [0.2, 0.25) is 0 Å². The van der Waals surface area contributed by atoms with Gasteiger partial charge in [0.25, 0.3) is 0 Å². The molecular weight excluding hydrogens is 252 g/mol. The van der Waals surface area contributed by atoms with Gasteiger partial charge in [0.15, 0.2) is 5.96 Å². The summed E-state index contributed by atoms with van der Waals surface area (Å²) in [5.41, 5.74) is 2.19. The van der Waals surface area contributed by atoms with E-state index in [1.807, 2.05) is 12.3 Å². The fourth-order valence-electron chi connectivity index (χ4n) is 2.20. The summed E-state index contributed by atoms with van der Waals surface area (Å²) in [5.74, 6) is 0.827. The number of aryl methyl sites for hydroxylation is 1. The second-order valence-electron chi connectivity index (χ2n) is 4.98. The van der Waals surface area contributed by atoms with Crippen molar-refractivity contribution >= 4 is 5.96 Å². The standard InChI is InChI=1S/C15H24N4O/c1-3-16-15(18-10-13-7-5-9-20-13)19-11-14-12(2)6-4-8-17-14/h4,6,8,13H,3,5,7,9-11H2,1-2H3,(H2,16,18,19). The Morgan fingerprint density at radius 3 is 3.10 bits per heavy atom. The van der Waals surface area contributed by atoms with Crippen LogP contribution in [0.3, 0.4) is 0 Å². The van der Waals surface area contributed by atoms with Gasteiger partial charge in [-0.05, 0) is 38.3 Å². The van der Waals surface area contributed by atoms with Gasteiger partial charge in [-0.1, -0.05) is 6.07 Å². The van der Waals surface area contributed by atoms with E-state index < -0.39 is 0 Å². The van der Waals surface area contributed by atoms with Gasteiger partial charge in [0.1, 0.15) is 0 Å². The summed E-state index contributed by atoms with van der Waals surface area (Å²) in [6.07, 6.45) is 4.42. The molecule has 2 rings (SSSR count). The Balaban J connectivity index is 1.89. The molecule has 0 amide bonds. The summed E-state index contributed by atoms with van der Waals surface area (Å²) >= 11 is 0. The number of aromatic nitrogens is 1. The van der Waals surface area contributed by atoms with Crippen molar-refractivity contribution in [3.63, 3.8) is 0 Å². The van der Waals surface area contributed by atoms with Gasteiger partial charge in [-0.3, -0.25) is 4.98 Å². The highest BCUT2D eigenvalue weighted by atomic mass is 16.5. The summed E-state index contributed by atoms with van der Waals surface area (Å²) in [4.78, 5) is 8.94. The first-order valence-electron chi connectivity index (χ1n) is 7.34. The first-order valence-corrected chi connectivity index (χ1v) is 7.34. The highest BCUT2D eigenvalue weighted by Gasteiger charge is 2.15. The molecule has 0 saturated carbocycles. The lowest BCUT2D eigenvalue weighted by Gasteiger charge is -2.14. The maximum atomic E-state index is 5.61. The van der Waals surface area contributed by atoms with E-state index in [0.29, 0.717) is 12.6 Å². The SMILES string of the molecule is CCNC(=NCc1ncccc1C)NCC1CCCO1. The molecule has 2 heterocycles. The number of aliphatic imine (C=N–C) groups is 1. The van der Waals surface area contributed by atoms with Crippen molar-refractivity contribution in [1.29, 1.82) is 0 Å². The minimum Gasteiger partial charge on any atom is -0.376 e. The first kappa shape index (κ1) is 14.8. The monoisotopic (exact) mass is 276 g/mol. The maximum absolute atomic E-state index is 5.61. The summed E-state index contributed by atoms with van der Waals surface area (Å²) in [7, 11) is 0. The smallest absolute Gasteiger partial charge is 0.191 e. The van der Waals surface area contributed by atoms with Crippen LogP contribution in [0.1, 0.15) is 31.0 Å². The van der Waals surface area contributed by atoms with Crippen LogP contribution in [0.4, 0.5) is 0 Å². The van der Waals surface area contributed by atoms with Crippen molar-refractivity contribution in [2.75, 3.05) is 19.7 Å². The lowest BCUT2D eigenvalue weighted by molar-refractivity contribution is 0.114. The molecule has 0 bridgehead atoms. The molecule has 20 heavy (non-hydrogen) atoms. The molecular formula is C15H24N4O. The molecule has 5 nitrogen and oxygen atoms in total. The van der Waals surface area contributed by atoms with E-state index in [1.165, 1.54) is 5.56 Å². The number of hydrogen-bond acceptors (Lipinski definition) is 3. The van der Waals surface area contributed by atoms with Crippen LogP contribution in [0.15, 0.2) is 23.3 Å². The van der Waals surface area contributed by atoms with Crippen LogP contribution in [0.25, 0.3) is 0 Å². The zero-order chi connectivity index (χ0) is 14.2. The van der Waals surface area contributed by atoms with Crippen molar-refractivity contribution in [3.05, 3.63) is 29.6 Å². The third kappa shape index (κ3) is 4.49. The molecule has 1 aliphatic rings. The molecule has 1 saturated heterocycles. The largest absolute Gasteiger partial charge is 0.376 e. The number of rotatable bonds is 5. The van der Waals surface area contributed by atoms with Gasteiger partial charge < -0.3 is 15.4 Å². The van der Waals surface area contributed by atoms with Crippen LogP contribution in [0.2, 0.25) is 0 Å². The van der Waals surface area contributed by atoms with Crippen molar-refractivity contribution in [2.24, 2.45) is 4.99 Å². The molecule has 110 valence electrons. The lowest BCUT2D eigenvalue weighted by Crippen LogP contribution is -2.41. The van der Waals surface area contributed by atoms with Crippen molar-refractivity contribution < 1.29 is 4.74 Å². The van der Waals surface area contributed by atoms with Gasteiger partial charge >= 0.3 is 0 Å². The summed E-state index contributed by atoms with van der Waals surface area (Å²) in [6.45, 7) is 7.26.